The Kier molecular flexibility index (Phi) is 8.65. The Morgan fingerprint density at radius 1 is 1.20 bits per heavy atom. The van der Waals surface area contributed by atoms with Crippen molar-refractivity contribution in [1.29, 1.82) is 0 Å². The summed E-state index contributed by atoms with van der Waals surface area (Å²) in [6, 6.07) is 3.51. The van der Waals surface area contributed by atoms with Gasteiger partial charge in [0, 0.05) is 19.2 Å². The number of halogens is 3. The molecule has 1 atom stereocenters. The van der Waals surface area contributed by atoms with Gasteiger partial charge in [0.1, 0.15) is 11.9 Å². The maximum Gasteiger partial charge on any atom is 0.451 e. The number of hydrogen-bond acceptors (Lipinski definition) is 7. The monoisotopic (exact) mass is 560 g/mol. The highest BCUT2D eigenvalue weighted by atomic mass is 19.4. The molecule has 3 heterocycles. The fraction of sp³-hybridized carbons (Fsp3) is 0.360. The number of anilines is 1. The molecule has 15 heteroatoms. The zero-order valence-corrected chi connectivity index (χ0v) is 22.4. The third kappa shape index (κ3) is 6.13. The van der Waals surface area contributed by atoms with Gasteiger partial charge in [0.05, 0.1) is 18.6 Å². The number of alkyl halides is 3. The zero-order valence-electron chi connectivity index (χ0n) is 22.4. The maximum absolute atomic E-state index is 13.2. The zero-order chi connectivity index (χ0) is 29.9. The van der Waals surface area contributed by atoms with Crippen LogP contribution in [0.25, 0.3) is 16.7 Å². The number of fused-ring (bicyclic) bond motifs is 1. The summed E-state index contributed by atoms with van der Waals surface area (Å²) in [5, 5.41) is 2.60. The normalized spacial score (nSPS) is 13.5. The van der Waals surface area contributed by atoms with Gasteiger partial charge in [-0.05, 0) is 38.3 Å². The van der Waals surface area contributed by atoms with E-state index in [1.807, 2.05) is 0 Å². The highest BCUT2D eigenvalue weighted by Crippen LogP contribution is 2.20. The van der Waals surface area contributed by atoms with Gasteiger partial charge in [-0.2, -0.15) is 13.2 Å². The lowest BCUT2D eigenvalue weighted by Crippen LogP contribution is -2.42. The van der Waals surface area contributed by atoms with Crippen molar-refractivity contribution in [2.45, 2.75) is 46.5 Å². The number of nitrogens with zero attached hydrogens (tertiary/aromatic N) is 7. The van der Waals surface area contributed by atoms with E-state index >= 15 is 0 Å². The third-order valence-corrected chi connectivity index (χ3v) is 6.00. The Morgan fingerprint density at radius 3 is 2.48 bits per heavy atom. The molecule has 0 fully saturated rings. The number of nitrogens with one attached hydrogen (secondary N) is 1. The van der Waals surface area contributed by atoms with E-state index in [0.29, 0.717) is 0 Å². The molecule has 0 radical (unpaired) electrons. The number of Topliss-reactive ketones (excluding diaryl/α,β-unsaturated/α-hetero) is 1. The van der Waals surface area contributed by atoms with E-state index in [-0.39, 0.29) is 34.0 Å². The lowest BCUT2D eigenvalue weighted by molar-refractivity contribution is -0.122. The van der Waals surface area contributed by atoms with Gasteiger partial charge >= 0.3 is 11.9 Å². The van der Waals surface area contributed by atoms with Gasteiger partial charge in [-0.25, -0.2) is 24.7 Å². The molecule has 0 spiro atoms. The molecule has 0 aliphatic rings. The van der Waals surface area contributed by atoms with Crippen LogP contribution < -0.4 is 16.6 Å². The van der Waals surface area contributed by atoms with Crippen molar-refractivity contribution in [2.24, 2.45) is 23.0 Å². The van der Waals surface area contributed by atoms with Crippen molar-refractivity contribution >= 4 is 46.8 Å². The molecule has 0 aliphatic carbocycles. The summed E-state index contributed by atoms with van der Waals surface area (Å²) in [4.78, 5) is 65.9. The Hall–Kier alpha value is -4.69. The van der Waals surface area contributed by atoms with Crippen molar-refractivity contribution < 1.29 is 22.8 Å². The van der Waals surface area contributed by atoms with Crippen LogP contribution in [0.15, 0.2) is 50.3 Å². The molecule has 0 bridgehead atoms. The number of pyridine rings is 1. The van der Waals surface area contributed by atoms with Gasteiger partial charge < -0.3 is 9.88 Å². The topological polar surface area (TPSA) is 146 Å². The van der Waals surface area contributed by atoms with Gasteiger partial charge in [0.15, 0.2) is 16.9 Å². The Labute approximate surface area is 225 Å². The van der Waals surface area contributed by atoms with Crippen LogP contribution in [-0.2, 0) is 23.2 Å². The van der Waals surface area contributed by atoms with Crippen molar-refractivity contribution in [3.63, 3.8) is 0 Å². The number of carbonyl (C=O) groups is 2. The standard InChI is InChI=1S/C25H27F3N8O4/c1-13(2)17(37)11-35-22(39)19-20(34(6)24(35)40)31-12-36(19)15(4)21(38)33-18-9-7-8-16(32-18)14(3)10-30-23(29-5)25(26,27)28/h7-10,12-13,15H,5,11H2,1-4,6H3,(H,32,33,38)/b14-10+,30-23-/t15-/m0/s1. The van der Waals surface area contributed by atoms with Crippen molar-refractivity contribution in [3.05, 3.63) is 57.3 Å². The largest absolute Gasteiger partial charge is 0.451 e. The highest BCUT2D eigenvalue weighted by molar-refractivity contribution is 5.94. The molecule has 1 amide bonds. The average molecular weight is 561 g/mol. The number of aryl methyl sites for hydroxylation is 1. The molecule has 0 unspecified atom stereocenters. The van der Waals surface area contributed by atoms with Crippen molar-refractivity contribution in [1.82, 2.24) is 23.7 Å². The van der Waals surface area contributed by atoms with E-state index < -0.39 is 47.7 Å². The van der Waals surface area contributed by atoms with Gasteiger partial charge in [-0.15, -0.1) is 0 Å². The van der Waals surface area contributed by atoms with E-state index in [1.54, 1.807) is 13.8 Å². The lowest BCUT2D eigenvalue weighted by Gasteiger charge is -2.15. The molecule has 40 heavy (non-hydrogen) atoms. The first kappa shape index (κ1) is 29.9. The molecule has 12 nitrogen and oxygen atoms in total. The summed E-state index contributed by atoms with van der Waals surface area (Å²) in [6.45, 7) is 8.72. The van der Waals surface area contributed by atoms with Gasteiger partial charge in [-0.3, -0.25) is 23.5 Å². The summed E-state index contributed by atoms with van der Waals surface area (Å²) < 4.78 is 41.7. The van der Waals surface area contributed by atoms with Crippen LogP contribution in [0.1, 0.15) is 39.4 Å². The van der Waals surface area contributed by atoms with Crippen molar-refractivity contribution in [3.8, 4) is 0 Å². The summed E-state index contributed by atoms with van der Waals surface area (Å²) in [7, 11) is 1.40. The van der Waals surface area contributed by atoms with E-state index in [4.69, 9.17) is 0 Å². The predicted octanol–water partition coefficient (Wildman–Crippen LogP) is 2.74. The van der Waals surface area contributed by atoms with Crippen LogP contribution in [0.2, 0.25) is 0 Å². The number of imidazole rings is 1. The minimum Gasteiger partial charge on any atom is -0.312 e. The molecule has 3 rings (SSSR count). The molecule has 0 aliphatic heterocycles. The average Bonchev–Trinajstić information content (AvgIpc) is 3.34. The van der Waals surface area contributed by atoms with E-state index in [9.17, 15) is 32.3 Å². The van der Waals surface area contributed by atoms with E-state index in [1.165, 1.54) is 50.0 Å². The van der Waals surface area contributed by atoms with Crippen LogP contribution in [-0.4, -0.2) is 54.1 Å². The number of aromatic nitrogens is 5. The number of allylic oxidation sites excluding steroid dienone is 1. The Morgan fingerprint density at radius 2 is 1.88 bits per heavy atom. The molecule has 212 valence electrons. The second-order valence-corrected chi connectivity index (χ2v) is 9.17. The molecule has 1 N–H and O–H groups in total. The summed E-state index contributed by atoms with van der Waals surface area (Å²) in [6.07, 6.45) is -2.59. The number of rotatable bonds is 8. The molecular formula is C25H27F3N8O4. The van der Waals surface area contributed by atoms with Crippen LogP contribution in [0.4, 0.5) is 19.0 Å². The fourth-order valence-corrected chi connectivity index (χ4v) is 3.57. The molecule has 0 aromatic carbocycles. The first-order valence-corrected chi connectivity index (χ1v) is 11.9. The summed E-state index contributed by atoms with van der Waals surface area (Å²) in [5.41, 5.74) is -0.993. The van der Waals surface area contributed by atoms with Crippen LogP contribution in [0.3, 0.4) is 0 Å². The minimum absolute atomic E-state index is 0.0385. The number of amidine groups is 1. The molecule has 3 aromatic rings. The van der Waals surface area contributed by atoms with Gasteiger partial charge in [0.25, 0.3) is 5.56 Å². The maximum atomic E-state index is 13.2. The second kappa shape index (κ2) is 11.6. The van der Waals surface area contributed by atoms with Crippen LogP contribution >= 0.6 is 0 Å². The molecule has 0 saturated carbocycles. The Balaban J connectivity index is 1.93. The van der Waals surface area contributed by atoms with E-state index in [2.05, 4.69) is 32.0 Å². The molecule has 0 saturated heterocycles. The number of amides is 1. The highest BCUT2D eigenvalue weighted by Gasteiger charge is 2.35. The minimum atomic E-state index is -4.77. The van der Waals surface area contributed by atoms with E-state index in [0.717, 1.165) is 15.3 Å². The first-order chi connectivity index (χ1) is 18.7. The first-order valence-electron chi connectivity index (χ1n) is 11.9. The van der Waals surface area contributed by atoms with Crippen LogP contribution in [0.5, 0.6) is 0 Å². The van der Waals surface area contributed by atoms with Crippen LogP contribution in [0, 0.1) is 5.92 Å². The fourth-order valence-electron chi connectivity index (χ4n) is 3.57. The van der Waals surface area contributed by atoms with Gasteiger partial charge in [-0.1, -0.05) is 19.9 Å². The lowest BCUT2D eigenvalue weighted by atomic mass is 10.1. The quantitative estimate of drug-likeness (QED) is 0.331. The summed E-state index contributed by atoms with van der Waals surface area (Å²) in [5.74, 6) is -2.65. The Bertz CT molecular complexity index is 1660. The number of hydrogen-bond donors (Lipinski definition) is 1. The predicted molar refractivity (Wildman–Crippen MR) is 143 cm³/mol. The SMILES string of the molecule is C=N/C(=N\C=C(/C)c1cccc(NC(=O)[C@H](C)n2cnc3c2c(=O)n(CC(=O)C(C)C)c(=O)n3C)n1)C(F)(F)F. The van der Waals surface area contributed by atoms with Gasteiger partial charge in [0.2, 0.25) is 11.7 Å². The second-order valence-electron chi connectivity index (χ2n) is 9.17. The molecule has 3 aromatic heterocycles. The molecular weight excluding hydrogens is 533 g/mol. The van der Waals surface area contributed by atoms with Crippen molar-refractivity contribution in [2.75, 3.05) is 5.32 Å². The number of carbonyl (C=O) groups excluding carboxylic acids is 2. The number of aliphatic imine (C=N–C) groups is 2. The number of ketones is 1. The third-order valence-electron chi connectivity index (χ3n) is 6.00. The smallest absolute Gasteiger partial charge is 0.312 e. The summed E-state index contributed by atoms with van der Waals surface area (Å²) >= 11 is 0.